The molecule has 0 aromatic heterocycles. The molecule has 1 N–H and O–H groups in total. The molecule has 0 atom stereocenters. The van der Waals surface area contributed by atoms with Gasteiger partial charge in [0, 0.05) is 10.6 Å². The third-order valence-corrected chi connectivity index (χ3v) is 3.80. The highest BCUT2D eigenvalue weighted by atomic mass is 35.5. The molecule has 0 saturated carbocycles. The number of carbonyl (C=O) groups is 1. The first-order chi connectivity index (χ1) is 11.6. The van der Waals surface area contributed by atoms with E-state index >= 15 is 0 Å². The Morgan fingerprint density at radius 2 is 2.12 bits per heavy atom. The molecule has 1 heterocycles. The Labute approximate surface area is 147 Å². The lowest BCUT2D eigenvalue weighted by Crippen LogP contribution is -2.18. The largest absolute Gasteiger partial charge is 0.493 e. The Hall–Kier alpha value is -2.44. The average molecular weight is 367 g/mol. The Morgan fingerprint density at radius 3 is 2.92 bits per heavy atom. The van der Waals surface area contributed by atoms with Gasteiger partial charge in [-0.1, -0.05) is 23.2 Å². The van der Waals surface area contributed by atoms with Crippen molar-refractivity contribution in [3.8, 4) is 17.2 Å². The molecule has 3 rings (SSSR count). The fourth-order valence-corrected chi connectivity index (χ4v) is 2.50. The zero-order valence-corrected chi connectivity index (χ0v) is 14.0. The van der Waals surface area contributed by atoms with E-state index in [1.165, 1.54) is 19.4 Å². The smallest absolute Gasteiger partial charge is 0.272 e. The maximum absolute atomic E-state index is 12.1. The average Bonchev–Trinajstić information content (AvgIpc) is 3.04. The second-order valence-corrected chi connectivity index (χ2v) is 5.62. The van der Waals surface area contributed by atoms with Crippen molar-refractivity contribution in [2.75, 3.05) is 13.9 Å². The number of fused-ring (bicyclic) bond motifs is 1. The highest BCUT2D eigenvalue weighted by Crippen LogP contribution is 2.41. The van der Waals surface area contributed by atoms with E-state index in [9.17, 15) is 4.79 Å². The van der Waals surface area contributed by atoms with Crippen LogP contribution in [0, 0.1) is 0 Å². The first-order valence-corrected chi connectivity index (χ1v) is 7.60. The van der Waals surface area contributed by atoms with E-state index in [-0.39, 0.29) is 17.4 Å². The monoisotopic (exact) mass is 366 g/mol. The van der Waals surface area contributed by atoms with Crippen molar-refractivity contribution in [1.29, 1.82) is 0 Å². The lowest BCUT2D eigenvalue weighted by atomic mass is 10.2. The van der Waals surface area contributed by atoms with E-state index in [4.69, 9.17) is 37.4 Å². The topological polar surface area (TPSA) is 69.2 Å². The van der Waals surface area contributed by atoms with Crippen molar-refractivity contribution in [2.24, 2.45) is 5.10 Å². The van der Waals surface area contributed by atoms with Crippen LogP contribution >= 0.6 is 23.2 Å². The maximum Gasteiger partial charge on any atom is 0.272 e. The van der Waals surface area contributed by atoms with E-state index in [2.05, 4.69) is 10.5 Å². The Morgan fingerprint density at radius 1 is 1.29 bits per heavy atom. The van der Waals surface area contributed by atoms with Crippen molar-refractivity contribution in [2.45, 2.75) is 0 Å². The van der Waals surface area contributed by atoms with Gasteiger partial charge in [0.15, 0.2) is 11.5 Å². The van der Waals surface area contributed by atoms with Gasteiger partial charge in [-0.25, -0.2) is 5.43 Å². The minimum atomic E-state index is -0.466. The molecule has 0 fully saturated rings. The van der Waals surface area contributed by atoms with Crippen LogP contribution in [0.3, 0.4) is 0 Å². The molecule has 0 saturated heterocycles. The molecule has 1 aliphatic rings. The molecule has 0 aliphatic carbocycles. The van der Waals surface area contributed by atoms with E-state index < -0.39 is 5.91 Å². The van der Waals surface area contributed by atoms with Crippen LogP contribution in [0.4, 0.5) is 0 Å². The summed E-state index contributed by atoms with van der Waals surface area (Å²) in [6.07, 6.45) is 1.46. The number of hydrogen-bond acceptors (Lipinski definition) is 5. The fourth-order valence-electron chi connectivity index (χ4n) is 2.12. The van der Waals surface area contributed by atoms with Crippen molar-refractivity contribution in [1.82, 2.24) is 5.43 Å². The molecule has 2 aromatic carbocycles. The van der Waals surface area contributed by atoms with E-state index in [0.717, 1.165) is 0 Å². The van der Waals surface area contributed by atoms with Crippen LogP contribution in [0.5, 0.6) is 17.2 Å². The lowest BCUT2D eigenvalue weighted by molar-refractivity contribution is 0.0955. The molecule has 0 bridgehead atoms. The molecular weight excluding hydrogens is 355 g/mol. The van der Waals surface area contributed by atoms with Gasteiger partial charge in [0.2, 0.25) is 12.5 Å². The number of nitrogens with zero attached hydrogens (tertiary/aromatic N) is 1. The third-order valence-electron chi connectivity index (χ3n) is 3.23. The summed E-state index contributed by atoms with van der Waals surface area (Å²) in [4.78, 5) is 12.1. The summed E-state index contributed by atoms with van der Waals surface area (Å²) in [5.74, 6) is 1.16. The number of ether oxygens (including phenoxy) is 3. The molecule has 2 aromatic rings. The first kappa shape index (κ1) is 16.4. The number of methoxy groups -OCH3 is 1. The molecule has 1 amide bonds. The van der Waals surface area contributed by atoms with Crippen LogP contribution in [-0.2, 0) is 0 Å². The minimum Gasteiger partial charge on any atom is -0.493 e. The standard InChI is InChI=1S/C16H12Cl2N2O4/c1-22-13-4-9(5-14-15(13)24-8-23-14)7-19-20-16(21)11-6-10(17)2-3-12(11)18/h2-7H,8H2,1H3,(H,20,21)/b19-7-. The number of benzene rings is 2. The van der Waals surface area contributed by atoms with Gasteiger partial charge in [-0.05, 0) is 30.3 Å². The molecular formula is C16H12Cl2N2O4. The van der Waals surface area contributed by atoms with Gasteiger partial charge >= 0.3 is 0 Å². The van der Waals surface area contributed by atoms with Crippen molar-refractivity contribution >= 4 is 35.3 Å². The van der Waals surface area contributed by atoms with E-state index in [1.807, 2.05) is 0 Å². The summed E-state index contributed by atoms with van der Waals surface area (Å²) in [6, 6.07) is 8.06. The second kappa shape index (κ2) is 6.98. The van der Waals surface area contributed by atoms with Crippen LogP contribution < -0.4 is 19.6 Å². The summed E-state index contributed by atoms with van der Waals surface area (Å²) in [7, 11) is 1.53. The van der Waals surface area contributed by atoms with Crippen LogP contribution in [0.1, 0.15) is 15.9 Å². The highest BCUT2D eigenvalue weighted by Gasteiger charge is 2.19. The molecule has 124 valence electrons. The van der Waals surface area contributed by atoms with Crippen LogP contribution in [0.15, 0.2) is 35.4 Å². The lowest BCUT2D eigenvalue weighted by Gasteiger charge is -2.06. The number of halogens is 2. The number of amides is 1. The normalized spacial score (nSPS) is 12.5. The van der Waals surface area contributed by atoms with Crippen LogP contribution in [0.2, 0.25) is 10.0 Å². The molecule has 8 heteroatoms. The minimum absolute atomic E-state index is 0.135. The van der Waals surface area contributed by atoms with E-state index in [1.54, 1.807) is 24.3 Å². The fraction of sp³-hybridized carbons (Fsp3) is 0.125. The summed E-state index contributed by atoms with van der Waals surface area (Å²) in [5.41, 5.74) is 3.31. The molecule has 24 heavy (non-hydrogen) atoms. The molecule has 0 unspecified atom stereocenters. The van der Waals surface area contributed by atoms with Gasteiger partial charge in [-0.2, -0.15) is 5.10 Å². The Kier molecular flexibility index (Phi) is 4.78. The Balaban J connectivity index is 1.75. The first-order valence-electron chi connectivity index (χ1n) is 6.84. The predicted molar refractivity (Wildman–Crippen MR) is 90.6 cm³/mol. The number of hydrazone groups is 1. The molecule has 6 nitrogen and oxygen atoms in total. The molecule has 0 radical (unpaired) electrons. The quantitative estimate of drug-likeness (QED) is 0.664. The van der Waals surface area contributed by atoms with Gasteiger partial charge in [0.05, 0.1) is 23.9 Å². The Bertz CT molecular complexity index is 824. The number of rotatable bonds is 4. The second-order valence-electron chi connectivity index (χ2n) is 4.78. The van der Waals surface area contributed by atoms with E-state index in [0.29, 0.717) is 27.8 Å². The zero-order chi connectivity index (χ0) is 17.1. The van der Waals surface area contributed by atoms with Crippen molar-refractivity contribution < 1.29 is 19.0 Å². The van der Waals surface area contributed by atoms with Gasteiger partial charge in [0.1, 0.15) is 0 Å². The van der Waals surface area contributed by atoms with Crippen LogP contribution in [-0.4, -0.2) is 26.0 Å². The molecule has 0 spiro atoms. The van der Waals surface area contributed by atoms with Gasteiger partial charge in [-0.3, -0.25) is 4.79 Å². The van der Waals surface area contributed by atoms with Crippen molar-refractivity contribution in [3.63, 3.8) is 0 Å². The SMILES string of the molecule is COc1cc(/C=N\NC(=O)c2cc(Cl)ccc2Cl)cc2c1OCO2. The van der Waals surface area contributed by atoms with Crippen LogP contribution in [0.25, 0.3) is 0 Å². The summed E-state index contributed by atoms with van der Waals surface area (Å²) >= 11 is 11.8. The zero-order valence-electron chi connectivity index (χ0n) is 12.5. The van der Waals surface area contributed by atoms with Gasteiger partial charge in [0.25, 0.3) is 5.91 Å². The highest BCUT2D eigenvalue weighted by molar-refractivity contribution is 6.35. The van der Waals surface area contributed by atoms with Crippen molar-refractivity contribution in [3.05, 3.63) is 51.5 Å². The number of nitrogens with one attached hydrogen (secondary N) is 1. The summed E-state index contributed by atoms with van der Waals surface area (Å²) < 4.78 is 15.9. The number of carbonyl (C=O) groups excluding carboxylic acids is 1. The molecule has 1 aliphatic heterocycles. The summed E-state index contributed by atoms with van der Waals surface area (Å²) in [5, 5.41) is 4.61. The number of hydrogen-bond donors (Lipinski definition) is 1. The third kappa shape index (κ3) is 3.39. The van der Waals surface area contributed by atoms with Gasteiger partial charge in [-0.15, -0.1) is 0 Å². The summed E-state index contributed by atoms with van der Waals surface area (Å²) in [6.45, 7) is 0.135. The predicted octanol–water partition coefficient (Wildman–Crippen LogP) is 3.49. The maximum atomic E-state index is 12.1. The van der Waals surface area contributed by atoms with Gasteiger partial charge < -0.3 is 14.2 Å².